The summed E-state index contributed by atoms with van der Waals surface area (Å²) >= 11 is 0. The Morgan fingerprint density at radius 2 is 2.35 bits per heavy atom. The zero-order valence-electron chi connectivity index (χ0n) is 8.98. The number of carbonyl (C=O) groups is 2. The van der Waals surface area contributed by atoms with E-state index in [1.807, 2.05) is 0 Å². The number of anilines is 1. The van der Waals surface area contributed by atoms with Crippen LogP contribution in [0.2, 0.25) is 0 Å². The van der Waals surface area contributed by atoms with E-state index < -0.39 is 11.9 Å². The van der Waals surface area contributed by atoms with Crippen LogP contribution in [0.25, 0.3) is 0 Å². The number of halogens is 1. The minimum absolute atomic E-state index is 0.0879. The van der Waals surface area contributed by atoms with E-state index in [4.69, 9.17) is 0 Å². The number of carbonyl (C=O) groups excluding carboxylic acids is 2. The first-order valence-corrected chi connectivity index (χ1v) is 5.12. The molecule has 0 spiro atoms. The highest BCUT2D eigenvalue weighted by Gasteiger charge is 2.23. The van der Waals surface area contributed by atoms with Gasteiger partial charge in [-0.15, -0.1) is 0 Å². The zero-order chi connectivity index (χ0) is 12.3. The molecule has 1 saturated heterocycles. The van der Waals surface area contributed by atoms with Gasteiger partial charge in [-0.25, -0.2) is 9.18 Å². The van der Waals surface area contributed by atoms with Crippen LogP contribution < -0.4 is 5.32 Å². The summed E-state index contributed by atoms with van der Waals surface area (Å²) in [7, 11) is 0. The number of rotatable bonds is 3. The van der Waals surface area contributed by atoms with E-state index >= 15 is 0 Å². The first-order chi connectivity index (χ1) is 8.15. The van der Waals surface area contributed by atoms with Crippen molar-refractivity contribution in [1.82, 2.24) is 4.90 Å². The standard InChI is InChI=1S/C11H11FN2O3/c12-8-2-1-3-9(6-8)13-10(15)7-14-4-5-17-11(14)16/h1-3,6H,4-5,7H2,(H,13,15). The molecule has 0 unspecified atom stereocenters. The average Bonchev–Trinajstić information content (AvgIpc) is 2.64. The lowest BCUT2D eigenvalue weighted by Gasteiger charge is -2.12. The second kappa shape index (κ2) is 4.82. The van der Waals surface area contributed by atoms with Crippen LogP contribution in [-0.4, -0.2) is 36.6 Å². The highest BCUT2D eigenvalue weighted by molar-refractivity contribution is 5.94. The Morgan fingerprint density at radius 3 is 3.00 bits per heavy atom. The van der Waals surface area contributed by atoms with Gasteiger partial charge in [0.2, 0.25) is 5.91 Å². The van der Waals surface area contributed by atoms with Gasteiger partial charge in [0, 0.05) is 5.69 Å². The van der Waals surface area contributed by atoms with Crippen molar-refractivity contribution < 1.29 is 18.7 Å². The Bertz CT molecular complexity index is 450. The number of amides is 2. The number of ether oxygens (including phenoxy) is 1. The fourth-order valence-electron chi connectivity index (χ4n) is 1.51. The Balaban J connectivity index is 1.91. The first-order valence-electron chi connectivity index (χ1n) is 5.12. The van der Waals surface area contributed by atoms with E-state index in [1.165, 1.54) is 23.1 Å². The molecule has 17 heavy (non-hydrogen) atoms. The molecule has 0 atom stereocenters. The Labute approximate surface area is 97.2 Å². The smallest absolute Gasteiger partial charge is 0.410 e. The van der Waals surface area contributed by atoms with Crippen molar-refractivity contribution in [2.45, 2.75) is 0 Å². The van der Waals surface area contributed by atoms with Gasteiger partial charge in [0.25, 0.3) is 0 Å². The van der Waals surface area contributed by atoms with E-state index in [1.54, 1.807) is 6.07 Å². The summed E-state index contributed by atoms with van der Waals surface area (Å²) in [6.45, 7) is 0.608. The molecule has 1 aromatic rings. The SMILES string of the molecule is O=C(CN1CCOC1=O)Nc1cccc(F)c1. The predicted octanol–water partition coefficient (Wildman–Crippen LogP) is 1.22. The Morgan fingerprint density at radius 1 is 1.53 bits per heavy atom. The molecule has 2 rings (SSSR count). The molecule has 1 fully saturated rings. The van der Waals surface area contributed by atoms with Gasteiger partial charge in [-0.2, -0.15) is 0 Å². The predicted molar refractivity (Wildman–Crippen MR) is 58.0 cm³/mol. The van der Waals surface area contributed by atoms with Gasteiger partial charge in [0.05, 0.1) is 6.54 Å². The third-order valence-corrected chi connectivity index (χ3v) is 2.29. The summed E-state index contributed by atoms with van der Waals surface area (Å²) in [5.41, 5.74) is 0.363. The summed E-state index contributed by atoms with van der Waals surface area (Å²) in [4.78, 5) is 23.9. The topological polar surface area (TPSA) is 58.6 Å². The molecule has 0 aromatic heterocycles. The van der Waals surface area contributed by atoms with Crippen molar-refractivity contribution in [3.05, 3.63) is 30.1 Å². The minimum Gasteiger partial charge on any atom is -0.448 e. The van der Waals surface area contributed by atoms with Gasteiger partial charge in [0.15, 0.2) is 0 Å². The molecule has 0 saturated carbocycles. The number of nitrogens with one attached hydrogen (secondary N) is 1. The second-order valence-corrected chi connectivity index (χ2v) is 3.59. The molecule has 0 bridgehead atoms. The van der Waals surface area contributed by atoms with Gasteiger partial charge in [-0.05, 0) is 18.2 Å². The largest absolute Gasteiger partial charge is 0.448 e. The summed E-state index contributed by atoms with van der Waals surface area (Å²) in [6, 6.07) is 5.56. The van der Waals surface area contributed by atoms with Crippen molar-refractivity contribution in [3.8, 4) is 0 Å². The van der Waals surface area contributed by atoms with Crippen LogP contribution in [-0.2, 0) is 9.53 Å². The summed E-state index contributed by atoms with van der Waals surface area (Å²) in [6.07, 6.45) is -0.501. The molecule has 0 aliphatic carbocycles. The van der Waals surface area contributed by atoms with Crippen LogP contribution in [0.1, 0.15) is 0 Å². The molecule has 0 radical (unpaired) electrons. The molecule has 1 aromatic carbocycles. The van der Waals surface area contributed by atoms with Crippen LogP contribution in [0.5, 0.6) is 0 Å². The second-order valence-electron chi connectivity index (χ2n) is 3.59. The molecule has 1 heterocycles. The molecule has 1 aliphatic rings. The third kappa shape index (κ3) is 2.93. The number of hydrogen-bond acceptors (Lipinski definition) is 3. The number of cyclic esters (lactones) is 1. The van der Waals surface area contributed by atoms with Crippen molar-refractivity contribution in [2.75, 3.05) is 25.0 Å². The Kier molecular flexibility index (Phi) is 3.22. The van der Waals surface area contributed by atoms with Crippen LogP contribution in [0.3, 0.4) is 0 Å². The minimum atomic E-state index is -0.501. The van der Waals surface area contributed by atoms with Gasteiger partial charge >= 0.3 is 6.09 Å². The maximum atomic E-state index is 12.8. The monoisotopic (exact) mass is 238 g/mol. The van der Waals surface area contributed by atoms with E-state index in [0.29, 0.717) is 18.8 Å². The first kappa shape index (κ1) is 11.4. The maximum absolute atomic E-state index is 12.8. The molecule has 90 valence electrons. The molecule has 5 nitrogen and oxygen atoms in total. The summed E-state index contributed by atoms with van der Waals surface area (Å²) in [5.74, 6) is -0.808. The highest BCUT2D eigenvalue weighted by atomic mass is 19.1. The molecule has 1 N–H and O–H groups in total. The average molecular weight is 238 g/mol. The number of nitrogens with zero attached hydrogens (tertiary/aromatic N) is 1. The van der Waals surface area contributed by atoms with Crippen LogP contribution in [0.15, 0.2) is 24.3 Å². The molecule has 1 aliphatic heterocycles. The molecule has 2 amide bonds. The van der Waals surface area contributed by atoms with Gasteiger partial charge in [-0.1, -0.05) is 6.07 Å². The number of benzene rings is 1. The van der Waals surface area contributed by atoms with Gasteiger partial charge in [0.1, 0.15) is 19.0 Å². The quantitative estimate of drug-likeness (QED) is 0.861. The van der Waals surface area contributed by atoms with E-state index in [9.17, 15) is 14.0 Å². The fourth-order valence-corrected chi connectivity index (χ4v) is 1.51. The lowest BCUT2D eigenvalue weighted by molar-refractivity contribution is -0.116. The maximum Gasteiger partial charge on any atom is 0.410 e. The lowest BCUT2D eigenvalue weighted by Crippen LogP contribution is -2.33. The van der Waals surface area contributed by atoms with Crippen LogP contribution in [0.4, 0.5) is 14.9 Å². The highest BCUT2D eigenvalue weighted by Crippen LogP contribution is 2.09. The lowest BCUT2D eigenvalue weighted by atomic mass is 10.3. The molecule has 6 heteroatoms. The van der Waals surface area contributed by atoms with E-state index in [0.717, 1.165) is 0 Å². The molecular formula is C11H11FN2O3. The van der Waals surface area contributed by atoms with Crippen LogP contribution >= 0.6 is 0 Å². The normalized spacial score (nSPS) is 14.6. The van der Waals surface area contributed by atoms with E-state index in [-0.39, 0.29) is 12.5 Å². The van der Waals surface area contributed by atoms with Gasteiger partial charge in [-0.3, -0.25) is 9.69 Å². The van der Waals surface area contributed by atoms with E-state index in [2.05, 4.69) is 10.1 Å². The van der Waals surface area contributed by atoms with Crippen LogP contribution in [0, 0.1) is 5.82 Å². The Hall–Kier alpha value is -2.11. The fraction of sp³-hybridized carbons (Fsp3) is 0.273. The zero-order valence-corrected chi connectivity index (χ0v) is 8.98. The molecular weight excluding hydrogens is 227 g/mol. The number of hydrogen-bond donors (Lipinski definition) is 1. The van der Waals surface area contributed by atoms with Crippen molar-refractivity contribution in [1.29, 1.82) is 0 Å². The van der Waals surface area contributed by atoms with Crippen molar-refractivity contribution >= 4 is 17.7 Å². The summed E-state index contributed by atoms with van der Waals surface area (Å²) in [5, 5.41) is 2.50. The van der Waals surface area contributed by atoms with Crippen molar-refractivity contribution in [3.63, 3.8) is 0 Å². The van der Waals surface area contributed by atoms with Gasteiger partial charge < -0.3 is 10.1 Å². The van der Waals surface area contributed by atoms with Crippen molar-refractivity contribution in [2.24, 2.45) is 0 Å². The third-order valence-electron chi connectivity index (χ3n) is 2.29. The summed E-state index contributed by atoms with van der Waals surface area (Å²) < 4.78 is 17.5.